The van der Waals surface area contributed by atoms with Crippen LogP contribution < -0.4 is 10.2 Å². The highest BCUT2D eigenvalue weighted by atomic mass is 16.5. The number of para-hydroxylation sites is 1. The fraction of sp³-hybridized carbons (Fsp3) is 0.263. The topological polar surface area (TPSA) is 85.2 Å². The number of ether oxygens (including phenoxy) is 1. The molecule has 1 N–H and O–H groups in total. The molecule has 0 aliphatic carbocycles. The maximum absolute atomic E-state index is 12.5. The van der Waals surface area contributed by atoms with Crippen molar-refractivity contribution in [3.05, 3.63) is 66.1 Å². The molecule has 1 saturated heterocycles. The maximum Gasteiger partial charge on any atom is 0.273 e. The fourth-order valence-electron chi connectivity index (χ4n) is 2.95. The van der Waals surface area contributed by atoms with Crippen molar-refractivity contribution in [1.29, 1.82) is 0 Å². The first-order chi connectivity index (χ1) is 13.3. The number of amides is 1. The largest absolute Gasteiger partial charge is 0.378 e. The molecule has 0 unspecified atom stereocenters. The van der Waals surface area contributed by atoms with Crippen LogP contribution in [-0.4, -0.2) is 52.2 Å². The van der Waals surface area contributed by atoms with Gasteiger partial charge in [-0.2, -0.15) is 9.90 Å². The lowest BCUT2D eigenvalue weighted by molar-refractivity contribution is 0.0945. The first kappa shape index (κ1) is 17.2. The maximum atomic E-state index is 12.5. The highest BCUT2D eigenvalue weighted by Crippen LogP contribution is 2.18. The zero-order valence-corrected chi connectivity index (χ0v) is 14.8. The Balaban J connectivity index is 1.43. The Labute approximate surface area is 156 Å². The van der Waals surface area contributed by atoms with Crippen molar-refractivity contribution in [2.75, 3.05) is 31.2 Å². The van der Waals surface area contributed by atoms with Gasteiger partial charge < -0.3 is 15.0 Å². The van der Waals surface area contributed by atoms with Crippen LogP contribution >= 0.6 is 0 Å². The molecule has 0 saturated carbocycles. The first-order valence-electron chi connectivity index (χ1n) is 8.84. The van der Waals surface area contributed by atoms with Gasteiger partial charge in [0.15, 0.2) is 5.69 Å². The molecule has 1 aliphatic heterocycles. The van der Waals surface area contributed by atoms with Crippen LogP contribution in [-0.2, 0) is 11.3 Å². The summed E-state index contributed by atoms with van der Waals surface area (Å²) in [4.78, 5) is 20.6. The molecule has 8 heteroatoms. The average Bonchev–Trinajstić information content (AvgIpc) is 3.24. The van der Waals surface area contributed by atoms with Crippen molar-refractivity contribution in [1.82, 2.24) is 25.3 Å². The molecule has 1 amide bonds. The number of hydrogen-bond donors (Lipinski definition) is 1. The Morgan fingerprint density at radius 3 is 2.74 bits per heavy atom. The molecule has 27 heavy (non-hydrogen) atoms. The normalized spacial score (nSPS) is 14.1. The number of nitrogens with zero attached hydrogens (tertiary/aromatic N) is 5. The van der Waals surface area contributed by atoms with Gasteiger partial charge in [-0.15, -0.1) is 5.10 Å². The minimum atomic E-state index is -0.269. The number of carbonyl (C=O) groups is 1. The standard InChI is InChI=1S/C19H20N6O2/c26-19(17-14-22-25(23-17)16-6-2-1-3-7-16)21-13-15-5-4-8-20-18(15)24-9-11-27-12-10-24/h1-8,14H,9-13H2,(H,21,26). The van der Waals surface area contributed by atoms with Gasteiger partial charge in [-0.25, -0.2) is 4.98 Å². The van der Waals surface area contributed by atoms with E-state index < -0.39 is 0 Å². The monoisotopic (exact) mass is 364 g/mol. The second-order valence-corrected chi connectivity index (χ2v) is 6.12. The highest BCUT2D eigenvalue weighted by molar-refractivity contribution is 5.91. The minimum Gasteiger partial charge on any atom is -0.378 e. The van der Waals surface area contributed by atoms with Gasteiger partial charge in [0.2, 0.25) is 0 Å². The summed E-state index contributed by atoms with van der Waals surface area (Å²) in [6.07, 6.45) is 3.23. The van der Waals surface area contributed by atoms with E-state index in [0.29, 0.717) is 19.8 Å². The Bertz CT molecular complexity index is 905. The van der Waals surface area contributed by atoms with E-state index in [1.165, 1.54) is 11.0 Å². The molecule has 1 aromatic carbocycles. The van der Waals surface area contributed by atoms with Crippen LogP contribution in [0.5, 0.6) is 0 Å². The van der Waals surface area contributed by atoms with Gasteiger partial charge in [-0.1, -0.05) is 24.3 Å². The van der Waals surface area contributed by atoms with E-state index >= 15 is 0 Å². The van der Waals surface area contributed by atoms with E-state index in [9.17, 15) is 4.79 Å². The molecule has 8 nitrogen and oxygen atoms in total. The lowest BCUT2D eigenvalue weighted by Gasteiger charge is -2.29. The number of carbonyl (C=O) groups excluding carboxylic acids is 1. The third kappa shape index (κ3) is 3.95. The van der Waals surface area contributed by atoms with Crippen LogP contribution in [0.3, 0.4) is 0 Å². The second-order valence-electron chi connectivity index (χ2n) is 6.12. The van der Waals surface area contributed by atoms with Crippen molar-refractivity contribution in [2.45, 2.75) is 6.54 Å². The van der Waals surface area contributed by atoms with Crippen molar-refractivity contribution in [3.63, 3.8) is 0 Å². The van der Waals surface area contributed by atoms with E-state index in [-0.39, 0.29) is 11.6 Å². The molecule has 2 aromatic heterocycles. The number of benzene rings is 1. The van der Waals surface area contributed by atoms with Crippen molar-refractivity contribution in [2.24, 2.45) is 0 Å². The lowest BCUT2D eigenvalue weighted by Crippen LogP contribution is -2.37. The summed E-state index contributed by atoms with van der Waals surface area (Å²) >= 11 is 0. The molecule has 0 bridgehead atoms. The fourth-order valence-corrected chi connectivity index (χ4v) is 2.95. The van der Waals surface area contributed by atoms with E-state index in [2.05, 4.69) is 25.4 Å². The Kier molecular flexibility index (Phi) is 5.06. The van der Waals surface area contributed by atoms with Gasteiger partial charge in [-0.3, -0.25) is 4.79 Å². The van der Waals surface area contributed by atoms with Gasteiger partial charge in [-0.05, 0) is 18.2 Å². The third-order valence-corrected chi connectivity index (χ3v) is 4.33. The highest BCUT2D eigenvalue weighted by Gasteiger charge is 2.17. The number of pyridine rings is 1. The van der Waals surface area contributed by atoms with Crippen LogP contribution in [0.15, 0.2) is 54.9 Å². The smallest absolute Gasteiger partial charge is 0.273 e. The molecular weight excluding hydrogens is 344 g/mol. The number of rotatable bonds is 5. The molecular formula is C19H20N6O2. The van der Waals surface area contributed by atoms with Crippen LogP contribution in [0.25, 0.3) is 5.69 Å². The molecule has 0 radical (unpaired) electrons. The Morgan fingerprint density at radius 2 is 1.93 bits per heavy atom. The predicted molar refractivity (Wildman–Crippen MR) is 99.8 cm³/mol. The van der Waals surface area contributed by atoms with E-state index in [1.54, 1.807) is 6.20 Å². The van der Waals surface area contributed by atoms with E-state index in [0.717, 1.165) is 30.2 Å². The number of aromatic nitrogens is 4. The third-order valence-electron chi connectivity index (χ3n) is 4.33. The second kappa shape index (κ2) is 7.96. The zero-order chi connectivity index (χ0) is 18.5. The Morgan fingerprint density at radius 1 is 1.11 bits per heavy atom. The Hall–Kier alpha value is -3.26. The van der Waals surface area contributed by atoms with Gasteiger partial charge >= 0.3 is 0 Å². The van der Waals surface area contributed by atoms with Crippen molar-refractivity contribution < 1.29 is 9.53 Å². The quantitative estimate of drug-likeness (QED) is 0.737. The lowest BCUT2D eigenvalue weighted by atomic mass is 10.2. The minimum absolute atomic E-state index is 0.269. The predicted octanol–water partition coefficient (Wildman–Crippen LogP) is 1.43. The van der Waals surface area contributed by atoms with Crippen molar-refractivity contribution >= 4 is 11.7 Å². The summed E-state index contributed by atoms with van der Waals surface area (Å²) in [6, 6.07) is 13.3. The molecule has 138 valence electrons. The van der Waals surface area contributed by atoms with Crippen molar-refractivity contribution in [3.8, 4) is 5.69 Å². The van der Waals surface area contributed by atoms with Crippen LogP contribution in [0.2, 0.25) is 0 Å². The van der Waals surface area contributed by atoms with Gasteiger partial charge in [0.05, 0.1) is 25.1 Å². The molecule has 3 heterocycles. The van der Waals surface area contributed by atoms with E-state index in [1.807, 2.05) is 42.5 Å². The average molecular weight is 364 g/mol. The summed E-state index contributed by atoms with van der Waals surface area (Å²) in [5, 5.41) is 11.3. The molecule has 1 aliphatic rings. The number of nitrogens with one attached hydrogen (secondary N) is 1. The van der Waals surface area contributed by atoms with E-state index in [4.69, 9.17) is 4.74 Å². The summed E-state index contributed by atoms with van der Waals surface area (Å²) in [5.41, 5.74) is 2.04. The molecule has 0 atom stereocenters. The molecule has 1 fully saturated rings. The van der Waals surface area contributed by atoms with Crippen LogP contribution in [0, 0.1) is 0 Å². The number of anilines is 1. The van der Waals surface area contributed by atoms with Crippen LogP contribution in [0.1, 0.15) is 16.1 Å². The van der Waals surface area contributed by atoms with Gasteiger partial charge in [0, 0.05) is 31.4 Å². The molecule has 0 spiro atoms. The van der Waals surface area contributed by atoms with Gasteiger partial charge in [0.1, 0.15) is 5.82 Å². The molecule has 4 rings (SSSR count). The summed E-state index contributed by atoms with van der Waals surface area (Å²) in [7, 11) is 0. The summed E-state index contributed by atoms with van der Waals surface area (Å²) in [5.74, 6) is 0.614. The first-order valence-corrected chi connectivity index (χ1v) is 8.84. The number of hydrogen-bond acceptors (Lipinski definition) is 6. The molecule has 3 aromatic rings. The summed E-state index contributed by atoms with van der Waals surface area (Å²) < 4.78 is 5.40. The summed E-state index contributed by atoms with van der Waals surface area (Å²) in [6.45, 7) is 3.33. The van der Waals surface area contributed by atoms with Gasteiger partial charge in [0.25, 0.3) is 5.91 Å². The number of morpholine rings is 1. The van der Waals surface area contributed by atoms with Crippen LogP contribution in [0.4, 0.5) is 5.82 Å². The zero-order valence-electron chi connectivity index (χ0n) is 14.8. The SMILES string of the molecule is O=C(NCc1cccnc1N1CCOCC1)c1cnn(-c2ccccc2)n1.